The molecular weight excluding hydrogens is 311 g/mol. The minimum atomic E-state index is -0.702. The van der Waals surface area contributed by atoms with Gasteiger partial charge in [-0.1, -0.05) is 35.9 Å². The van der Waals surface area contributed by atoms with Crippen molar-refractivity contribution < 1.29 is 9.18 Å². The van der Waals surface area contributed by atoms with E-state index in [1.165, 1.54) is 6.07 Å². The fourth-order valence-electron chi connectivity index (χ4n) is 3.33. The molecule has 0 bridgehead atoms. The minimum Gasteiger partial charge on any atom is -0.305 e. The fourth-order valence-corrected chi connectivity index (χ4v) is 4.60. The Hall–Kier alpha value is -1.85. The molecular formula is C18H17FN2OS. The van der Waals surface area contributed by atoms with Gasteiger partial charge < -0.3 is 4.90 Å². The number of hydrogen-bond acceptors (Lipinski definition) is 3. The molecule has 5 heteroatoms. The average Bonchev–Trinajstić information content (AvgIpc) is 3.11. The van der Waals surface area contributed by atoms with Crippen molar-refractivity contribution in [2.75, 3.05) is 17.2 Å². The predicted octanol–water partition coefficient (Wildman–Crippen LogP) is 3.17. The zero-order valence-corrected chi connectivity index (χ0v) is 13.6. The van der Waals surface area contributed by atoms with Crippen LogP contribution in [0.4, 0.5) is 10.1 Å². The maximum atomic E-state index is 14.0. The van der Waals surface area contributed by atoms with E-state index in [1.54, 1.807) is 34.9 Å². The van der Waals surface area contributed by atoms with Crippen LogP contribution in [0.3, 0.4) is 0 Å². The summed E-state index contributed by atoms with van der Waals surface area (Å²) in [5.74, 6) is 0.623. The maximum Gasteiger partial charge on any atom is 0.262 e. The van der Waals surface area contributed by atoms with E-state index in [2.05, 4.69) is 11.4 Å². The number of aryl methyl sites for hydroxylation is 1. The molecule has 1 unspecified atom stereocenters. The second kappa shape index (κ2) is 5.35. The molecule has 4 rings (SSSR count). The van der Waals surface area contributed by atoms with E-state index in [-0.39, 0.29) is 18.3 Å². The van der Waals surface area contributed by atoms with Crippen molar-refractivity contribution in [1.29, 1.82) is 0 Å². The molecule has 1 saturated heterocycles. The molecule has 1 amide bonds. The summed E-state index contributed by atoms with van der Waals surface area (Å²) in [7, 11) is 0. The van der Waals surface area contributed by atoms with Crippen molar-refractivity contribution >= 4 is 23.4 Å². The van der Waals surface area contributed by atoms with Gasteiger partial charge in [0, 0.05) is 23.4 Å². The molecule has 118 valence electrons. The first-order chi connectivity index (χ1) is 11.1. The SMILES string of the molecule is Cc1ccc2c(c1)C1(NCCS1)C(=O)N2Cc1ccccc1F. The normalized spacial score (nSPS) is 22.9. The van der Waals surface area contributed by atoms with Gasteiger partial charge in [0.2, 0.25) is 0 Å². The van der Waals surface area contributed by atoms with Crippen molar-refractivity contribution in [2.45, 2.75) is 18.3 Å². The summed E-state index contributed by atoms with van der Waals surface area (Å²) < 4.78 is 14.0. The second-order valence-electron chi connectivity index (χ2n) is 5.96. The van der Waals surface area contributed by atoms with Crippen molar-refractivity contribution in [2.24, 2.45) is 0 Å². The third kappa shape index (κ3) is 2.18. The van der Waals surface area contributed by atoms with E-state index < -0.39 is 4.87 Å². The number of benzene rings is 2. The quantitative estimate of drug-likeness (QED) is 0.919. The van der Waals surface area contributed by atoms with Crippen LogP contribution in [0.25, 0.3) is 0 Å². The highest BCUT2D eigenvalue weighted by atomic mass is 32.2. The third-order valence-electron chi connectivity index (χ3n) is 4.45. The Kier molecular flexibility index (Phi) is 3.43. The van der Waals surface area contributed by atoms with E-state index in [0.717, 1.165) is 29.1 Å². The fraction of sp³-hybridized carbons (Fsp3) is 0.278. The summed E-state index contributed by atoms with van der Waals surface area (Å²) in [6.45, 7) is 3.08. The van der Waals surface area contributed by atoms with Crippen molar-refractivity contribution in [3.63, 3.8) is 0 Å². The standard InChI is InChI=1S/C18H17FN2OS/c1-12-6-7-16-14(10-12)18(20-8-9-23-18)17(22)21(16)11-13-4-2-3-5-15(13)19/h2-7,10,20H,8-9,11H2,1H3. The number of rotatable bonds is 2. The summed E-state index contributed by atoms with van der Waals surface area (Å²) >= 11 is 1.63. The summed E-state index contributed by atoms with van der Waals surface area (Å²) in [5, 5.41) is 3.37. The number of halogens is 1. The largest absolute Gasteiger partial charge is 0.305 e. The van der Waals surface area contributed by atoms with Gasteiger partial charge in [0.1, 0.15) is 5.82 Å². The lowest BCUT2D eigenvalue weighted by molar-refractivity contribution is -0.121. The molecule has 2 heterocycles. The lowest BCUT2D eigenvalue weighted by Crippen LogP contribution is -2.44. The van der Waals surface area contributed by atoms with Crippen molar-refractivity contribution in [3.8, 4) is 0 Å². The summed E-state index contributed by atoms with van der Waals surface area (Å²) in [6, 6.07) is 12.7. The van der Waals surface area contributed by atoms with E-state index in [4.69, 9.17) is 0 Å². The van der Waals surface area contributed by atoms with Gasteiger partial charge in [0.25, 0.3) is 5.91 Å². The number of hydrogen-bond donors (Lipinski definition) is 1. The predicted molar refractivity (Wildman–Crippen MR) is 90.9 cm³/mol. The lowest BCUT2D eigenvalue weighted by Gasteiger charge is -2.23. The van der Waals surface area contributed by atoms with Gasteiger partial charge in [-0.25, -0.2) is 4.39 Å². The molecule has 0 radical (unpaired) electrons. The van der Waals surface area contributed by atoms with Gasteiger partial charge in [0.15, 0.2) is 4.87 Å². The highest BCUT2D eigenvalue weighted by Crippen LogP contribution is 2.49. The van der Waals surface area contributed by atoms with Crippen LogP contribution in [-0.2, 0) is 16.2 Å². The maximum absolute atomic E-state index is 14.0. The number of nitrogens with zero attached hydrogens (tertiary/aromatic N) is 1. The van der Waals surface area contributed by atoms with Crippen LogP contribution in [0, 0.1) is 12.7 Å². The van der Waals surface area contributed by atoms with Crippen LogP contribution in [-0.4, -0.2) is 18.2 Å². The van der Waals surface area contributed by atoms with Crippen molar-refractivity contribution in [1.82, 2.24) is 5.32 Å². The molecule has 2 aliphatic rings. The molecule has 0 aromatic heterocycles. The zero-order chi connectivity index (χ0) is 16.0. The van der Waals surface area contributed by atoms with Crippen LogP contribution in [0.2, 0.25) is 0 Å². The molecule has 2 aliphatic heterocycles. The van der Waals surface area contributed by atoms with Crippen LogP contribution >= 0.6 is 11.8 Å². The smallest absolute Gasteiger partial charge is 0.262 e. The summed E-state index contributed by atoms with van der Waals surface area (Å²) in [5.41, 5.74) is 3.54. The Balaban J connectivity index is 1.80. The zero-order valence-electron chi connectivity index (χ0n) is 12.8. The Bertz CT molecular complexity index is 786. The molecule has 0 saturated carbocycles. The number of carbonyl (C=O) groups is 1. The number of anilines is 1. The van der Waals surface area contributed by atoms with Gasteiger partial charge >= 0.3 is 0 Å². The van der Waals surface area contributed by atoms with E-state index in [0.29, 0.717) is 5.56 Å². The number of thioether (sulfide) groups is 1. The Labute approximate surface area is 138 Å². The molecule has 1 fully saturated rings. The summed E-state index contributed by atoms with van der Waals surface area (Å²) in [4.78, 5) is 14.1. The van der Waals surface area contributed by atoms with Crippen LogP contribution in [0.5, 0.6) is 0 Å². The van der Waals surface area contributed by atoms with Crippen LogP contribution < -0.4 is 10.2 Å². The molecule has 2 aromatic rings. The summed E-state index contributed by atoms with van der Waals surface area (Å²) in [6.07, 6.45) is 0. The number of fused-ring (bicyclic) bond motifs is 2. The molecule has 2 aromatic carbocycles. The first kappa shape index (κ1) is 14.7. The van der Waals surface area contributed by atoms with Gasteiger partial charge in [-0.05, 0) is 19.1 Å². The van der Waals surface area contributed by atoms with Crippen molar-refractivity contribution in [3.05, 3.63) is 65.0 Å². The Morgan fingerprint density at radius 1 is 1.30 bits per heavy atom. The average molecular weight is 328 g/mol. The van der Waals surface area contributed by atoms with Gasteiger partial charge in [-0.3, -0.25) is 10.1 Å². The molecule has 0 aliphatic carbocycles. The molecule has 3 nitrogen and oxygen atoms in total. The van der Waals surface area contributed by atoms with E-state index in [9.17, 15) is 9.18 Å². The lowest BCUT2D eigenvalue weighted by atomic mass is 10.0. The topological polar surface area (TPSA) is 32.3 Å². The Morgan fingerprint density at radius 3 is 2.87 bits per heavy atom. The number of amides is 1. The van der Waals surface area contributed by atoms with Gasteiger partial charge in [0.05, 0.1) is 12.2 Å². The highest BCUT2D eigenvalue weighted by molar-refractivity contribution is 8.01. The first-order valence-corrected chi connectivity index (χ1v) is 8.66. The molecule has 1 N–H and O–H groups in total. The van der Waals surface area contributed by atoms with Crippen LogP contribution in [0.1, 0.15) is 16.7 Å². The minimum absolute atomic E-state index is 0.00357. The second-order valence-corrected chi connectivity index (χ2v) is 7.27. The molecule has 1 atom stereocenters. The number of nitrogens with one attached hydrogen (secondary N) is 1. The van der Waals surface area contributed by atoms with E-state index >= 15 is 0 Å². The monoisotopic (exact) mass is 328 g/mol. The first-order valence-electron chi connectivity index (χ1n) is 7.67. The van der Waals surface area contributed by atoms with E-state index in [1.807, 2.05) is 19.1 Å². The van der Waals surface area contributed by atoms with Gasteiger partial charge in [-0.2, -0.15) is 0 Å². The molecule has 1 spiro atoms. The number of carbonyl (C=O) groups excluding carboxylic acids is 1. The van der Waals surface area contributed by atoms with Crippen LogP contribution in [0.15, 0.2) is 42.5 Å². The Morgan fingerprint density at radius 2 is 2.13 bits per heavy atom. The third-order valence-corrected chi connectivity index (χ3v) is 5.83. The molecule has 23 heavy (non-hydrogen) atoms. The highest BCUT2D eigenvalue weighted by Gasteiger charge is 2.53. The van der Waals surface area contributed by atoms with Gasteiger partial charge in [-0.15, -0.1) is 11.8 Å².